The van der Waals surface area contributed by atoms with Crippen LogP contribution < -0.4 is 31.2 Å². The summed E-state index contributed by atoms with van der Waals surface area (Å²) in [6, 6.07) is 16.5. The highest BCUT2D eigenvalue weighted by Crippen LogP contribution is 2.32. The smallest absolute Gasteiger partial charge is 0.257 e. The van der Waals surface area contributed by atoms with Gasteiger partial charge in [0.1, 0.15) is 12.4 Å². The Bertz CT molecular complexity index is 1300. The lowest BCUT2D eigenvalue weighted by atomic mass is 10.1. The van der Waals surface area contributed by atoms with Crippen molar-refractivity contribution in [2.24, 2.45) is 5.73 Å². The molecule has 3 aromatic rings. The van der Waals surface area contributed by atoms with Crippen LogP contribution in [0.4, 0.5) is 11.4 Å². The van der Waals surface area contributed by atoms with Crippen molar-refractivity contribution >= 4 is 46.9 Å². The van der Waals surface area contributed by atoms with E-state index in [9.17, 15) is 14.4 Å². The van der Waals surface area contributed by atoms with Crippen molar-refractivity contribution in [2.75, 3.05) is 38.0 Å². The number of amidine groups is 1. The largest absolute Gasteiger partial charge is 0.482 e. The summed E-state index contributed by atoms with van der Waals surface area (Å²) in [4.78, 5) is 35.6. The standard InChI is InChI=1S/C26H26ClN5O5.CH4O/c1-30-23(34)15-37-22-4-2-3-17(24(22)36-12-11-33)14-31-21-10-7-18(27)13-20(21)26(35)32-19-8-5-16(6-9-19)25(28)29;1-2/h2-11,13,31H,12,14-15H2,1H3,(H3,28,29)(H,30,34)(H,32,35);2H,1H3. The van der Waals surface area contributed by atoms with Gasteiger partial charge in [-0.3, -0.25) is 19.8 Å². The highest BCUT2D eigenvalue weighted by Gasteiger charge is 2.16. The van der Waals surface area contributed by atoms with Crippen molar-refractivity contribution in [1.29, 1.82) is 5.41 Å². The Morgan fingerprint density at radius 1 is 1.08 bits per heavy atom. The molecule has 11 nitrogen and oxygen atoms in total. The summed E-state index contributed by atoms with van der Waals surface area (Å²) >= 11 is 6.16. The third-order valence-electron chi connectivity index (χ3n) is 5.14. The molecule has 0 atom stereocenters. The molecule has 0 heterocycles. The highest BCUT2D eigenvalue weighted by molar-refractivity contribution is 6.31. The molecule has 0 aliphatic carbocycles. The number of aldehydes is 1. The van der Waals surface area contributed by atoms with Crippen LogP contribution in [0.5, 0.6) is 11.5 Å². The SMILES string of the molecule is CNC(=O)COc1cccc(CNc2ccc(Cl)cc2C(=O)Nc2ccc(C(=N)N)cc2)c1OCC=O.CO. The molecule has 0 unspecified atom stereocenters. The number of amides is 2. The third kappa shape index (κ3) is 9.02. The van der Waals surface area contributed by atoms with E-state index in [-0.39, 0.29) is 31.5 Å². The van der Waals surface area contributed by atoms with Crippen LogP contribution in [0.2, 0.25) is 5.02 Å². The molecule has 0 radical (unpaired) electrons. The lowest BCUT2D eigenvalue weighted by Crippen LogP contribution is -2.25. The number of para-hydroxylation sites is 1. The molecule has 0 bridgehead atoms. The van der Waals surface area contributed by atoms with Gasteiger partial charge in [-0.25, -0.2) is 0 Å². The van der Waals surface area contributed by atoms with Gasteiger partial charge in [-0.2, -0.15) is 0 Å². The molecular weight excluding hydrogens is 526 g/mol. The van der Waals surface area contributed by atoms with Crippen LogP contribution in [0.25, 0.3) is 0 Å². The molecule has 0 saturated heterocycles. The number of hydrogen-bond acceptors (Lipinski definition) is 8. The Balaban J connectivity index is 0.00000260. The molecule has 0 aliphatic heterocycles. The van der Waals surface area contributed by atoms with Gasteiger partial charge in [0.15, 0.2) is 24.4 Å². The number of anilines is 2. The van der Waals surface area contributed by atoms with Crippen LogP contribution >= 0.6 is 11.6 Å². The Morgan fingerprint density at radius 3 is 2.44 bits per heavy atom. The molecule has 206 valence electrons. The molecular formula is C27H30ClN5O6. The van der Waals surface area contributed by atoms with E-state index in [2.05, 4.69) is 16.0 Å². The molecule has 0 aromatic heterocycles. The van der Waals surface area contributed by atoms with Gasteiger partial charge in [-0.05, 0) is 48.5 Å². The van der Waals surface area contributed by atoms with Crippen molar-refractivity contribution in [3.63, 3.8) is 0 Å². The maximum Gasteiger partial charge on any atom is 0.257 e. The van der Waals surface area contributed by atoms with Gasteiger partial charge in [0.25, 0.3) is 11.8 Å². The molecule has 3 aromatic carbocycles. The van der Waals surface area contributed by atoms with Gasteiger partial charge in [0.05, 0.1) is 5.56 Å². The zero-order valence-corrected chi connectivity index (χ0v) is 22.2. The molecule has 12 heteroatoms. The quantitative estimate of drug-likeness (QED) is 0.112. The minimum absolute atomic E-state index is 0.0706. The Labute approximate surface area is 230 Å². The number of aliphatic hydroxyl groups is 1. The molecule has 0 fully saturated rings. The fourth-order valence-electron chi connectivity index (χ4n) is 3.29. The fraction of sp³-hybridized carbons (Fsp3) is 0.185. The van der Waals surface area contributed by atoms with Crippen LogP contribution in [0.1, 0.15) is 21.5 Å². The first kappa shape index (κ1) is 30.6. The Kier molecular flexibility index (Phi) is 12.2. The van der Waals surface area contributed by atoms with E-state index in [1.165, 1.54) is 13.1 Å². The van der Waals surface area contributed by atoms with E-state index in [0.29, 0.717) is 50.9 Å². The molecule has 7 N–H and O–H groups in total. The number of likely N-dealkylation sites (N-methyl/N-ethyl adjacent to an activating group) is 1. The second-order valence-electron chi connectivity index (χ2n) is 7.67. The number of aliphatic hydroxyl groups excluding tert-OH is 1. The van der Waals surface area contributed by atoms with E-state index in [0.717, 1.165) is 7.11 Å². The first-order valence-electron chi connectivity index (χ1n) is 11.6. The van der Waals surface area contributed by atoms with Gasteiger partial charge < -0.3 is 36.3 Å². The molecule has 3 rings (SSSR count). The number of halogens is 1. The van der Waals surface area contributed by atoms with E-state index < -0.39 is 5.91 Å². The number of benzene rings is 3. The third-order valence-corrected chi connectivity index (χ3v) is 5.38. The van der Waals surface area contributed by atoms with Crippen LogP contribution in [-0.2, 0) is 16.1 Å². The van der Waals surface area contributed by atoms with Gasteiger partial charge in [0.2, 0.25) is 0 Å². The number of hydrogen-bond donors (Lipinski definition) is 6. The number of rotatable bonds is 12. The zero-order valence-electron chi connectivity index (χ0n) is 21.4. The average molecular weight is 556 g/mol. The van der Waals surface area contributed by atoms with Crippen LogP contribution in [0.3, 0.4) is 0 Å². The summed E-state index contributed by atoms with van der Waals surface area (Å²) in [5.41, 5.74) is 7.97. The first-order valence-corrected chi connectivity index (χ1v) is 12.0. The lowest BCUT2D eigenvalue weighted by molar-refractivity contribution is -0.122. The van der Waals surface area contributed by atoms with E-state index in [4.69, 9.17) is 37.3 Å². The van der Waals surface area contributed by atoms with Gasteiger partial charge in [-0.15, -0.1) is 0 Å². The molecule has 2 amide bonds. The fourth-order valence-corrected chi connectivity index (χ4v) is 3.46. The van der Waals surface area contributed by atoms with Crippen molar-refractivity contribution in [2.45, 2.75) is 6.54 Å². The highest BCUT2D eigenvalue weighted by atomic mass is 35.5. The number of nitrogens with two attached hydrogens (primary N) is 1. The molecule has 0 aliphatic rings. The summed E-state index contributed by atoms with van der Waals surface area (Å²) in [6.07, 6.45) is 0.608. The van der Waals surface area contributed by atoms with Crippen molar-refractivity contribution in [1.82, 2.24) is 5.32 Å². The number of ether oxygens (including phenoxy) is 2. The monoisotopic (exact) mass is 555 g/mol. The second-order valence-corrected chi connectivity index (χ2v) is 8.11. The number of nitrogens with one attached hydrogen (secondary N) is 4. The van der Waals surface area contributed by atoms with Crippen molar-refractivity contribution < 1.29 is 29.0 Å². The lowest BCUT2D eigenvalue weighted by Gasteiger charge is -2.17. The van der Waals surface area contributed by atoms with E-state index >= 15 is 0 Å². The maximum atomic E-state index is 13.1. The summed E-state index contributed by atoms with van der Waals surface area (Å²) in [6.45, 7) is -0.218. The molecule has 0 saturated carbocycles. The van der Waals surface area contributed by atoms with Crippen LogP contribution in [0.15, 0.2) is 60.7 Å². The van der Waals surface area contributed by atoms with E-state index in [1.54, 1.807) is 54.6 Å². The summed E-state index contributed by atoms with van der Waals surface area (Å²) in [5.74, 6) is -0.193. The normalized spacial score (nSPS) is 9.85. The van der Waals surface area contributed by atoms with Crippen molar-refractivity contribution in [3.05, 3.63) is 82.4 Å². The second kappa shape index (κ2) is 15.6. The van der Waals surface area contributed by atoms with Gasteiger partial charge in [-0.1, -0.05) is 23.7 Å². The van der Waals surface area contributed by atoms with Gasteiger partial charge >= 0.3 is 0 Å². The summed E-state index contributed by atoms with van der Waals surface area (Å²) < 4.78 is 11.1. The minimum atomic E-state index is -0.402. The average Bonchev–Trinajstić information content (AvgIpc) is 2.95. The number of carbonyl (C=O) groups is 3. The van der Waals surface area contributed by atoms with Crippen LogP contribution in [0, 0.1) is 5.41 Å². The van der Waals surface area contributed by atoms with Gasteiger partial charge in [0, 0.05) is 48.2 Å². The zero-order chi connectivity index (χ0) is 28.8. The summed E-state index contributed by atoms with van der Waals surface area (Å²) in [7, 11) is 2.50. The maximum absolute atomic E-state index is 13.1. The summed E-state index contributed by atoms with van der Waals surface area (Å²) in [5, 5.41) is 23.3. The predicted molar refractivity (Wildman–Crippen MR) is 150 cm³/mol. The van der Waals surface area contributed by atoms with E-state index in [1.807, 2.05) is 0 Å². The Hall–Kier alpha value is -4.61. The number of nitrogen functional groups attached to an aromatic ring is 1. The topological polar surface area (TPSA) is 176 Å². The molecule has 0 spiro atoms. The first-order chi connectivity index (χ1) is 18.8. The van der Waals surface area contributed by atoms with Crippen LogP contribution in [-0.4, -0.2) is 56.4 Å². The molecule has 39 heavy (non-hydrogen) atoms. The predicted octanol–water partition coefficient (Wildman–Crippen LogP) is 2.80. The van der Waals surface area contributed by atoms with Crippen molar-refractivity contribution in [3.8, 4) is 11.5 Å². The Morgan fingerprint density at radius 2 is 1.79 bits per heavy atom. The number of carbonyl (C=O) groups excluding carboxylic acids is 3. The minimum Gasteiger partial charge on any atom is -0.482 e.